The summed E-state index contributed by atoms with van der Waals surface area (Å²) in [6, 6.07) is 7.12. The molecule has 130 valence electrons. The molecule has 0 aliphatic carbocycles. The van der Waals surface area contributed by atoms with Crippen molar-refractivity contribution in [2.75, 3.05) is 19.6 Å². The Labute approximate surface area is 146 Å². The molecule has 0 unspecified atom stereocenters. The van der Waals surface area contributed by atoms with Crippen molar-refractivity contribution in [1.82, 2.24) is 15.2 Å². The highest BCUT2D eigenvalue weighted by atomic mass is 16.3. The van der Waals surface area contributed by atoms with Gasteiger partial charge in [0.2, 0.25) is 5.91 Å². The fraction of sp³-hybridized carbons (Fsp3) is 0.316. The standard InChI is InChI=1S/C19H21N3O3/c23-18(6-5-17-4-2-12-25-17)21-13-15-7-10-22(11-8-15)19(24)16-3-1-9-20-14-16/h1-6,9,12,14-15H,7-8,10-11,13H2,(H,21,23)/b6-5+. The van der Waals surface area contributed by atoms with Crippen molar-refractivity contribution in [3.63, 3.8) is 0 Å². The van der Waals surface area contributed by atoms with Crippen molar-refractivity contribution >= 4 is 17.9 Å². The minimum absolute atomic E-state index is 0.0250. The highest BCUT2D eigenvalue weighted by Crippen LogP contribution is 2.18. The van der Waals surface area contributed by atoms with Crippen LogP contribution in [0.15, 0.2) is 53.4 Å². The number of piperidine rings is 1. The summed E-state index contributed by atoms with van der Waals surface area (Å²) in [6.07, 6.45) is 9.71. The number of aromatic nitrogens is 1. The first kappa shape index (κ1) is 17.0. The maximum atomic E-state index is 12.4. The molecular formula is C19H21N3O3. The van der Waals surface area contributed by atoms with Crippen molar-refractivity contribution in [1.29, 1.82) is 0 Å². The Balaban J connectivity index is 1.40. The lowest BCUT2D eigenvalue weighted by atomic mass is 9.96. The van der Waals surface area contributed by atoms with Crippen LogP contribution >= 0.6 is 0 Å². The molecule has 0 radical (unpaired) electrons. The van der Waals surface area contributed by atoms with E-state index in [4.69, 9.17) is 4.42 Å². The quantitative estimate of drug-likeness (QED) is 0.849. The van der Waals surface area contributed by atoms with Gasteiger partial charge in [0.15, 0.2) is 0 Å². The number of hydrogen-bond acceptors (Lipinski definition) is 4. The average Bonchev–Trinajstić information content (AvgIpc) is 3.19. The van der Waals surface area contributed by atoms with E-state index in [1.807, 2.05) is 4.90 Å². The molecule has 3 rings (SSSR count). The number of likely N-dealkylation sites (tertiary alicyclic amines) is 1. The third-order valence-corrected chi connectivity index (χ3v) is 4.32. The molecule has 3 heterocycles. The summed E-state index contributed by atoms with van der Waals surface area (Å²) in [4.78, 5) is 30.0. The normalized spacial score (nSPS) is 15.4. The number of rotatable bonds is 5. The third kappa shape index (κ3) is 4.79. The van der Waals surface area contributed by atoms with E-state index in [1.165, 1.54) is 6.08 Å². The Morgan fingerprint density at radius 3 is 2.80 bits per heavy atom. The number of pyridine rings is 1. The summed E-state index contributed by atoms with van der Waals surface area (Å²) in [5.41, 5.74) is 0.623. The number of nitrogens with zero attached hydrogens (tertiary/aromatic N) is 2. The minimum atomic E-state index is -0.134. The zero-order chi connectivity index (χ0) is 17.5. The zero-order valence-electron chi connectivity index (χ0n) is 13.9. The molecule has 1 saturated heterocycles. The van der Waals surface area contributed by atoms with Crippen molar-refractivity contribution < 1.29 is 14.0 Å². The first-order chi connectivity index (χ1) is 12.2. The fourth-order valence-electron chi connectivity index (χ4n) is 2.86. The fourth-order valence-corrected chi connectivity index (χ4v) is 2.86. The van der Waals surface area contributed by atoms with E-state index in [0.717, 1.165) is 12.8 Å². The molecule has 25 heavy (non-hydrogen) atoms. The summed E-state index contributed by atoms with van der Waals surface area (Å²) < 4.78 is 5.14. The van der Waals surface area contributed by atoms with Crippen LogP contribution in [0, 0.1) is 5.92 Å². The van der Waals surface area contributed by atoms with E-state index >= 15 is 0 Å². The molecule has 0 spiro atoms. The van der Waals surface area contributed by atoms with Gasteiger partial charge >= 0.3 is 0 Å². The topological polar surface area (TPSA) is 75.4 Å². The SMILES string of the molecule is O=C(/C=C/c1ccco1)NCC1CCN(C(=O)c2cccnc2)CC1. The van der Waals surface area contributed by atoms with Crippen LogP contribution in [0.5, 0.6) is 0 Å². The number of furan rings is 1. The van der Waals surface area contributed by atoms with Gasteiger partial charge in [-0.05, 0) is 49.1 Å². The maximum Gasteiger partial charge on any atom is 0.255 e. The van der Waals surface area contributed by atoms with Crippen LogP contribution in [-0.4, -0.2) is 41.3 Å². The molecule has 1 fully saturated rings. The first-order valence-corrected chi connectivity index (χ1v) is 8.41. The Bertz CT molecular complexity index is 718. The molecule has 6 heteroatoms. The predicted molar refractivity (Wildman–Crippen MR) is 93.6 cm³/mol. The van der Waals surface area contributed by atoms with Crippen molar-refractivity contribution in [2.45, 2.75) is 12.8 Å². The maximum absolute atomic E-state index is 12.4. The second-order valence-electron chi connectivity index (χ2n) is 6.07. The second kappa shape index (κ2) is 8.28. The Hall–Kier alpha value is -2.89. The van der Waals surface area contributed by atoms with E-state index in [0.29, 0.717) is 36.9 Å². The largest absolute Gasteiger partial charge is 0.465 e. The molecule has 1 aliphatic rings. The van der Waals surface area contributed by atoms with Crippen LogP contribution in [0.25, 0.3) is 6.08 Å². The van der Waals surface area contributed by atoms with Gasteiger partial charge in [0.1, 0.15) is 5.76 Å². The van der Waals surface area contributed by atoms with Gasteiger partial charge in [-0.3, -0.25) is 14.6 Å². The first-order valence-electron chi connectivity index (χ1n) is 8.41. The molecular weight excluding hydrogens is 318 g/mol. The van der Waals surface area contributed by atoms with Crippen molar-refractivity contribution in [2.24, 2.45) is 5.92 Å². The van der Waals surface area contributed by atoms with E-state index in [9.17, 15) is 9.59 Å². The van der Waals surface area contributed by atoms with Crippen LogP contribution in [0.3, 0.4) is 0 Å². The van der Waals surface area contributed by atoms with E-state index < -0.39 is 0 Å². The Kier molecular flexibility index (Phi) is 5.61. The van der Waals surface area contributed by atoms with Crippen molar-refractivity contribution in [3.8, 4) is 0 Å². The molecule has 1 N–H and O–H groups in total. The number of carbonyl (C=O) groups excluding carboxylic acids is 2. The number of amides is 2. The molecule has 0 atom stereocenters. The Morgan fingerprint density at radius 1 is 1.28 bits per heavy atom. The summed E-state index contributed by atoms with van der Waals surface area (Å²) in [7, 11) is 0. The molecule has 2 aromatic heterocycles. The van der Waals surface area contributed by atoms with Gasteiger partial charge in [0.25, 0.3) is 5.91 Å². The summed E-state index contributed by atoms with van der Waals surface area (Å²) in [6.45, 7) is 2.03. The van der Waals surface area contributed by atoms with Gasteiger partial charge < -0.3 is 14.6 Å². The molecule has 0 bridgehead atoms. The van der Waals surface area contributed by atoms with Gasteiger partial charge in [-0.2, -0.15) is 0 Å². The van der Waals surface area contributed by atoms with E-state index in [1.54, 1.807) is 49.0 Å². The van der Waals surface area contributed by atoms with Gasteiger partial charge in [-0.25, -0.2) is 0 Å². The molecule has 6 nitrogen and oxygen atoms in total. The highest BCUT2D eigenvalue weighted by molar-refractivity contribution is 5.94. The Morgan fingerprint density at radius 2 is 2.12 bits per heavy atom. The van der Waals surface area contributed by atoms with E-state index in [2.05, 4.69) is 10.3 Å². The molecule has 2 aromatic rings. The number of hydrogen-bond donors (Lipinski definition) is 1. The van der Waals surface area contributed by atoms with Gasteiger partial charge in [-0.1, -0.05) is 0 Å². The summed E-state index contributed by atoms with van der Waals surface area (Å²) in [5.74, 6) is 0.929. The third-order valence-electron chi connectivity index (χ3n) is 4.32. The van der Waals surface area contributed by atoms with Crippen LogP contribution < -0.4 is 5.32 Å². The molecule has 0 saturated carbocycles. The van der Waals surface area contributed by atoms with Gasteiger partial charge in [-0.15, -0.1) is 0 Å². The average molecular weight is 339 g/mol. The molecule has 1 aliphatic heterocycles. The number of carbonyl (C=O) groups is 2. The zero-order valence-corrected chi connectivity index (χ0v) is 13.9. The van der Waals surface area contributed by atoms with Crippen molar-refractivity contribution in [3.05, 3.63) is 60.3 Å². The molecule has 2 amide bonds. The predicted octanol–water partition coefficient (Wildman–Crippen LogP) is 2.36. The van der Waals surface area contributed by atoms with Crippen LogP contribution in [0.2, 0.25) is 0 Å². The molecule has 0 aromatic carbocycles. The lowest BCUT2D eigenvalue weighted by Crippen LogP contribution is -2.41. The van der Waals surface area contributed by atoms with Gasteiger partial charge in [0, 0.05) is 38.1 Å². The van der Waals surface area contributed by atoms with Crippen LogP contribution in [0.1, 0.15) is 29.0 Å². The summed E-state index contributed by atoms with van der Waals surface area (Å²) in [5, 5.41) is 2.91. The number of nitrogens with one attached hydrogen (secondary N) is 1. The van der Waals surface area contributed by atoms with Gasteiger partial charge in [0.05, 0.1) is 11.8 Å². The smallest absolute Gasteiger partial charge is 0.255 e. The monoisotopic (exact) mass is 339 g/mol. The second-order valence-corrected chi connectivity index (χ2v) is 6.07. The van der Waals surface area contributed by atoms with E-state index in [-0.39, 0.29) is 11.8 Å². The highest BCUT2D eigenvalue weighted by Gasteiger charge is 2.23. The lowest BCUT2D eigenvalue weighted by Gasteiger charge is -2.32. The minimum Gasteiger partial charge on any atom is -0.465 e. The van der Waals surface area contributed by atoms with Crippen LogP contribution in [-0.2, 0) is 4.79 Å². The van der Waals surface area contributed by atoms with Crippen LogP contribution in [0.4, 0.5) is 0 Å². The summed E-state index contributed by atoms with van der Waals surface area (Å²) >= 11 is 0. The lowest BCUT2D eigenvalue weighted by molar-refractivity contribution is -0.116.